The molecule has 0 N–H and O–H groups in total. The summed E-state index contributed by atoms with van der Waals surface area (Å²) in [6.07, 6.45) is 0. The van der Waals surface area contributed by atoms with Crippen molar-refractivity contribution in [2.75, 3.05) is 31.1 Å². The Kier molecular flexibility index (Phi) is 5.69. The maximum atomic E-state index is 13.1. The van der Waals surface area contributed by atoms with Crippen molar-refractivity contribution in [3.63, 3.8) is 0 Å². The second-order valence-corrected chi connectivity index (χ2v) is 9.89. The van der Waals surface area contributed by atoms with Gasteiger partial charge in [-0.1, -0.05) is 49.1 Å². The summed E-state index contributed by atoms with van der Waals surface area (Å²) >= 11 is 12.4. The first-order chi connectivity index (χ1) is 16.2. The molecule has 1 amide bonds. The Hall–Kier alpha value is -3.17. The smallest absolute Gasteiger partial charge is 0.300 e. The second-order valence-electron chi connectivity index (χ2n) is 9.10. The summed E-state index contributed by atoms with van der Waals surface area (Å²) in [7, 11) is 0. The lowest BCUT2D eigenvalue weighted by molar-refractivity contribution is 0.0745. The third-order valence-electron chi connectivity index (χ3n) is 5.57. The molecule has 11 heteroatoms. The van der Waals surface area contributed by atoms with Gasteiger partial charge in [0.1, 0.15) is 5.15 Å². The van der Waals surface area contributed by atoms with Crippen LogP contribution in [0.25, 0.3) is 22.6 Å². The average molecular weight is 501 g/mol. The van der Waals surface area contributed by atoms with Gasteiger partial charge in [-0.25, -0.2) is 4.98 Å². The third-order valence-corrected chi connectivity index (χ3v) is 6.09. The van der Waals surface area contributed by atoms with E-state index in [-0.39, 0.29) is 11.3 Å². The van der Waals surface area contributed by atoms with Crippen LogP contribution in [0.2, 0.25) is 10.2 Å². The Bertz CT molecular complexity index is 1370. The van der Waals surface area contributed by atoms with Gasteiger partial charge in [-0.05, 0) is 30.3 Å². The fraction of sp³-hybridized carbons (Fsp3) is 0.348. The molecule has 0 aliphatic carbocycles. The van der Waals surface area contributed by atoms with E-state index in [1.54, 1.807) is 35.2 Å². The van der Waals surface area contributed by atoms with E-state index >= 15 is 0 Å². The summed E-state index contributed by atoms with van der Waals surface area (Å²) in [6, 6.07) is 9.01. The standard InChI is InChI=1S/C23H22Cl2N6O3/c1-23(2,3)21-27-18(29-34-21)14-5-4-13(12-15(14)24)20(32)30-8-10-31(11-9-30)22-28-19-16(33-22)6-7-17(25)26-19/h4-7,12H,8-11H2,1-3H3. The van der Waals surface area contributed by atoms with Crippen LogP contribution in [0.5, 0.6) is 0 Å². The van der Waals surface area contributed by atoms with Gasteiger partial charge in [-0.2, -0.15) is 9.97 Å². The van der Waals surface area contributed by atoms with E-state index in [9.17, 15) is 4.79 Å². The van der Waals surface area contributed by atoms with Crippen molar-refractivity contribution in [3.8, 4) is 11.4 Å². The van der Waals surface area contributed by atoms with Crippen molar-refractivity contribution < 1.29 is 13.7 Å². The second kappa shape index (κ2) is 8.56. The van der Waals surface area contributed by atoms with Gasteiger partial charge in [-0.15, -0.1) is 0 Å². The van der Waals surface area contributed by atoms with Crippen LogP contribution < -0.4 is 4.90 Å². The van der Waals surface area contributed by atoms with E-state index in [4.69, 9.17) is 32.1 Å². The lowest BCUT2D eigenvalue weighted by Crippen LogP contribution is -2.48. The number of fused-ring (bicyclic) bond motifs is 1. The number of benzene rings is 1. The summed E-state index contributed by atoms with van der Waals surface area (Å²) < 4.78 is 11.1. The molecule has 0 bridgehead atoms. The number of anilines is 1. The molecule has 3 aromatic heterocycles. The molecule has 1 aromatic carbocycles. The zero-order valence-corrected chi connectivity index (χ0v) is 20.4. The first-order valence-corrected chi connectivity index (χ1v) is 11.6. The average Bonchev–Trinajstić information content (AvgIpc) is 3.46. The fourth-order valence-electron chi connectivity index (χ4n) is 3.67. The number of oxazole rings is 1. The minimum atomic E-state index is -0.267. The zero-order valence-electron chi connectivity index (χ0n) is 18.9. The molecule has 5 rings (SSSR count). The molecule has 0 atom stereocenters. The van der Waals surface area contributed by atoms with Crippen LogP contribution in [0.4, 0.5) is 6.01 Å². The Labute approximate surface area is 205 Å². The lowest BCUT2D eigenvalue weighted by atomic mass is 9.97. The van der Waals surface area contributed by atoms with E-state index in [1.165, 1.54) is 0 Å². The van der Waals surface area contributed by atoms with Crippen LogP contribution in [0.15, 0.2) is 39.3 Å². The lowest BCUT2D eigenvalue weighted by Gasteiger charge is -2.33. The number of halogens is 2. The summed E-state index contributed by atoms with van der Waals surface area (Å²) in [6.45, 7) is 8.17. The van der Waals surface area contributed by atoms with Crippen molar-refractivity contribution in [2.24, 2.45) is 0 Å². The van der Waals surface area contributed by atoms with E-state index < -0.39 is 0 Å². The van der Waals surface area contributed by atoms with Gasteiger partial charge >= 0.3 is 0 Å². The number of hydrogen-bond donors (Lipinski definition) is 0. The SMILES string of the molecule is CC(C)(C)c1nc(-c2ccc(C(=O)N3CCN(c4nc5nc(Cl)ccc5o4)CC3)cc2Cl)no1. The van der Waals surface area contributed by atoms with Crippen LogP contribution in [-0.2, 0) is 5.41 Å². The van der Waals surface area contributed by atoms with Gasteiger partial charge in [0.15, 0.2) is 5.58 Å². The van der Waals surface area contributed by atoms with Crippen LogP contribution in [0.3, 0.4) is 0 Å². The van der Waals surface area contributed by atoms with Gasteiger partial charge in [0, 0.05) is 42.7 Å². The van der Waals surface area contributed by atoms with Crippen molar-refractivity contribution in [3.05, 3.63) is 52.0 Å². The number of pyridine rings is 1. The van der Waals surface area contributed by atoms with Crippen molar-refractivity contribution in [1.29, 1.82) is 0 Å². The fourth-order valence-corrected chi connectivity index (χ4v) is 4.08. The van der Waals surface area contributed by atoms with Crippen molar-refractivity contribution >= 4 is 46.4 Å². The quantitative estimate of drug-likeness (QED) is 0.368. The van der Waals surface area contributed by atoms with Gasteiger partial charge in [0.05, 0.1) is 5.02 Å². The molecule has 4 aromatic rings. The Morgan fingerprint density at radius 1 is 1.00 bits per heavy atom. The molecule has 176 valence electrons. The number of carbonyl (C=O) groups is 1. The molecule has 1 saturated heterocycles. The number of piperazine rings is 1. The van der Waals surface area contributed by atoms with Gasteiger partial charge in [0.25, 0.3) is 11.9 Å². The molecule has 4 heterocycles. The molecule has 34 heavy (non-hydrogen) atoms. The van der Waals surface area contributed by atoms with Gasteiger partial charge < -0.3 is 18.7 Å². The number of aromatic nitrogens is 4. The summed E-state index contributed by atoms with van der Waals surface area (Å²) in [5, 5.41) is 4.79. The minimum Gasteiger partial charge on any atom is -0.422 e. The van der Waals surface area contributed by atoms with Gasteiger partial charge in [0.2, 0.25) is 17.4 Å². The molecule has 0 spiro atoms. The largest absolute Gasteiger partial charge is 0.422 e. The van der Waals surface area contributed by atoms with Crippen LogP contribution >= 0.6 is 23.2 Å². The van der Waals surface area contributed by atoms with E-state index in [0.717, 1.165) is 0 Å². The van der Waals surface area contributed by atoms with Crippen molar-refractivity contribution in [2.45, 2.75) is 26.2 Å². The number of rotatable bonds is 3. The Morgan fingerprint density at radius 3 is 2.44 bits per heavy atom. The highest BCUT2D eigenvalue weighted by atomic mass is 35.5. The van der Waals surface area contributed by atoms with Crippen molar-refractivity contribution in [1.82, 2.24) is 25.0 Å². The predicted octanol–water partition coefficient (Wildman–Crippen LogP) is 4.84. The summed E-state index contributed by atoms with van der Waals surface area (Å²) in [4.78, 5) is 29.9. The Morgan fingerprint density at radius 2 is 1.76 bits per heavy atom. The highest BCUT2D eigenvalue weighted by Gasteiger charge is 2.27. The maximum absolute atomic E-state index is 13.1. The van der Waals surface area contributed by atoms with Crippen LogP contribution in [0.1, 0.15) is 37.0 Å². The Balaban J connectivity index is 1.27. The monoisotopic (exact) mass is 500 g/mol. The first-order valence-electron chi connectivity index (χ1n) is 10.8. The van der Waals surface area contributed by atoms with Gasteiger partial charge in [-0.3, -0.25) is 4.79 Å². The molecule has 0 radical (unpaired) electrons. The molecule has 1 aliphatic rings. The van der Waals surface area contributed by atoms with E-state index in [0.29, 0.717) is 76.4 Å². The highest BCUT2D eigenvalue weighted by molar-refractivity contribution is 6.33. The summed E-state index contributed by atoms with van der Waals surface area (Å²) in [5.41, 5.74) is 1.89. The zero-order chi connectivity index (χ0) is 24.0. The third kappa shape index (κ3) is 4.33. The number of hydrogen-bond acceptors (Lipinski definition) is 8. The van der Waals surface area contributed by atoms with Crippen LogP contribution in [-0.4, -0.2) is 57.1 Å². The highest BCUT2D eigenvalue weighted by Crippen LogP contribution is 2.30. The normalized spacial score (nSPS) is 14.7. The van der Waals surface area contributed by atoms with E-state index in [2.05, 4.69) is 20.1 Å². The molecule has 9 nitrogen and oxygen atoms in total. The number of carbonyl (C=O) groups excluding carboxylic acids is 1. The van der Waals surface area contributed by atoms with E-state index in [1.807, 2.05) is 25.7 Å². The first kappa shape index (κ1) is 22.6. The van der Waals surface area contributed by atoms with Crippen LogP contribution in [0, 0.1) is 0 Å². The number of nitrogens with zero attached hydrogens (tertiary/aromatic N) is 6. The molecule has 1 fully saturated rings. The molecule has 1 aliphatic heterocycles. The predicted molar refractivity (Wildman–Crippen MR) is 128 cm³/mol. The minimum absolute atomic E-state index is 0.0948. The molecular weight excluding hydrogens is 479 g/mol. The number of amides is 1. The summed E-state index contributed by atoms with van der Waals surface area (Å²) in [5.74, 6) is 0.827. The molecule has 0 saturated carbocycles. The molecule has 0 unspecified atom stereocenters. The maximum Gasteiger partial charge on any atom is 0.300 e. The topological polar surface area (TPSA) is 101 Å². The molecular formula is C23H22Cl2N6O3.